The van der Waals surface area contributed by atoms with Crippen molar-refractivity contribution in [2.45, 2.75) is 38.1 Å². The van der Waals surface area contributed by atoms with Crippen molar-refractivity contribution in [3.05, 3.63) is 31.0 Å². The molecule has 0 aromatic carbocycles. The number of anilines is 1. The maximum Gasteiger partial charge on any atom is 0.159 e. The van der Waals surface area contributed by atoms with Gasteiger partial charge < -0.3 is 10.3 Å². The minimum absolute atomic E-state index is 0.514. The second-order valence-electron chi connectivity index (χ2n) is 5.53. The molecule has 0 saturated heterocycles. The Balaban J connectivity index is 1.78. The monoisotopic (exact) mass is 282 g/mol. The number of imidazole rings is 2. The molecule has 0 atom stereocenters. The number of hydrogen-bond acceptors (Lipinski definition) is 4. The van der Waals surface area contributed by atoms with E-state index < -0.39 is 0 Å². The van der Waals surface area contributed by atoms with E-state index in [1.807, 2.05) is 12.4 Å². The van der Waals surface area contributed by atoms with Gasteiger partial charge in [0, 0.05) is 30.8 Å². The summed E-state index contributed by atoms with van der Waals surface area (Å²) in [6.07, 6.45) is 15.5. The number of hydrogen-bond donors (Lipinski definition) is 2. The van der Waals surface area contributed by atoms with E-state index in [1.54, 1.807) is 18.6 Å². The summed E-state index contributed by atoms with van der Waals surface area (Å²) in [6.45, 7) is 0. The molecule has 1 fully saturated rings. The lowest BCUT2D eigenvalue weighted by atomic mass is 9.95. The van der Waals surface area contributed by atoms with Gasteiger partial charge in [0.15, 0.2) is 11.5 Å². The molecule has 1 aliphatic carbocycles. The summed E-state index contributed by atoms with van der Waals surface area (Å²) < 4.78 is 2.06. The fourth-order valence-corrected chi connectivity index (χ4v) is 3.04. The first-order chi connectivity index (χ1) is 10.4. The Morgan fingerprint density at radius 2 is 2.10 bits per heavy atom. The van der Waals surface area contributed by atoms with Gasteiger partial charge in [-0.1, -0.05) is 19.3 Å². The zero-order valence-corrected chi connectivity index (χ0v) is 11.8. The molecule has 0 radical (unpaired) electrons. The fourth-order valence-electron chi connectivity index (χ4n) is 3.04. The smallest absolute Gasteiger partial charge is 0.159 e. The van der Waals surface area contributed by atoms with Gasteiger partial charge in [0.25, 0.3) is 0 Å². The highest BCUT2D eigenvalue weighted by molar-refractivity contribution is 5.72. The Morgan fingerprint density at radius 3 is 2.90 bits per heavy atom. The van der Waals surface area contributed by atoms with E-state index in [4.69, 9.17) is 0 Å². The average Bonchev–Trinajstić information content (AvgIpc) is 3.16. The maximum atomic E-state index is 4.66. The third-order valence-corrected chi connectivity index (χ3v) is 4.10. The Morgan fingerprint density at radius 1 is 1.19 bits per heavy atom. The number of aromatic nitrogens is 5. The molecular weight excluding hydrogens is 264 g/mol. The Hall–Kier alpha value is -2.37. The Labute approximate surface area is 122 Å². The van der Waals surface area contributed by atoms with E-state index in [2.05, 4.69) is 29.7 Å². The molecule has 21 heavy (non-hydrogen) atoms. The third-order valence-electron chi connectivity index (χ3n) is 4.10. The maximum absolute atomic E-state index is 4.66. The van der Waals surface area contributed by atoms with Crippen LogP contribution in [-0.2, 0) is 0 Å². The Bertz CT molecular complexity index is 724. The van der Waals surface area contributed by atoms with Crippen molar-refractivity contribution < 1.29 is 0 Å². The van der Waals surface area contributed by atoms with Crippen LogP contribution in [0.15, 0.2) is 31.0 Å². The first-order valence-corrected chi connectivity index (χ1v) is 7.50. The van der Waals surface area contributed by atoms with Crippen molar-refractivity contribution in [1.29, 1.82) is 0 Å². The topological polar surface area (TPSA) is 70.9 Å². The van der Waals surface area contributed by atoms with Gasteiger partial charge in [-0.3, -0.25) is 9.38 Å². The highest BCUT2D eigenvalue weighted by Crippen LogP contribution is 2.29. The first-order valence-electron chi connectivity index (χ1n) is 7.50. The number of aromatic amines is 1. The molecule has 0 bridgehead atoms. The van der Waals surface area contributed by atoms with Crippen molar-refractivity contribution >= 4 is 11.5 Å². The summed E-state index contributed by atoms with van der Waals surface area (Å²) in [5.74, 6) is 1.80. The summed E-state index contributed by atoms with van der Waals surface area (Å²) in [5.41, 5.74) is 1.70. The molecule has 3 aromatic rings. The largest absolute Gasteiger partial charge is 0.367 e. The number of nitrogens with one attached hydrogen (secondary N) is 2. The quantitative estimate of drug-likeness (QED) is 0.775. The van der Waals surface area contributed by atoms with Crippen molar-refractivity contribution in [1.82, 2.24) is 24.3 Å². The lowest BCUT2D eigenvalue weighted by Gasteiger charge is -2.23. The van der Waals surface area contributed by atoms with Gasteiger partial charge in [0.1, 0.15) is 11.5 Å². The molecule has 6 heteroatoms. The van der Waals surface area contributed by atoms with E-state index in [1.165, 1.54) is 32.1 Å². The number of nitrogens with zero attached hydrogens (tertiary/aromatic N) is 4. The van der Waals surface area contributed by atoms with E-state index in [9.17, 15) is 0 Å². The predicted molar refractivity (Wildman–Crippen MR) is 81.1 cm³/mol. The predicted octanol–water partition coefficient (Wildman–Crippen LogP) is 2.86. The number of fused-ring (bicyclic) bond motifs is 1. The minimum atomic E-state index is 0.514. The van der Waals surface area contributed by atoms with Gasteiger partial charge in [0.2, 0.25) is 0 Å². The van der Waals surface area contributed by atoms with E-state index >= 15 is 0 Å². The van der Waals surface area contributed by atoms with E-state index in [-0.39, 0.29) is 0 Å². The number of H-pyrrole nitrogens is 1. The van der Waals surface area contributed by atoms with Crippen LogP contribution in [-0.4, -0.2) is 30.4 Å². The second kappa shape index (κ2) is 5.20. The Kier molecular flexibility index (Phi) is 3.06. The lowest BCUT2D eigenvalue weighted by molar-refractivity contribution is 0.461. The van der Waals surface area contributed by atoms with Crippen LogP contribution in [0.25, 0.3) is 17.2 Å². The molecule has 3 aromatic heterocycles. The summed E-state index contributed by atoms with van der Waals surface area (Å²) in [6, 6.07) is 0.514. The SMILES string of the molecule is c1cn2c(NC3CCCCC3)c(-c3ncc[nH]3)nc2cn1. The molecule has 0 amide bonds. The highest BCUT2D eigenvalue weighted by Gasteiger charge is 2.20. The molecule has 108 valence electrons. The van der Waals surface area contributed by atoms with Gasteiger partial charge in [0.05, 0.1) is 6.20 Å². The van der Waals surface area contributed by atoms with Crippen LogP contribution in [0.1, 0.15) is 32.1 Å². The standard InChI is InChI=1S/C15H18N6/c1-2-4-11(5-3-1)19-15-13(14-17-6-7-18-14)20-12-10-16-8-9-21(12)15/h6-11,19H,1-5H2,(H,17,18). The molecule has 4 rings (SSSR count). The summed E-state index contributed by atoms with van der Waals surface area (Å²) in [4.78, 5) is 16.3. The zero-order chi connectivity index (χ0) is 14.1. The van der Waals surface area contributed by atoms with Crippen LogP contribution >= 0.6 is 0 Å². The van der Waals surface area contributed by atoms with Crippen LogP contribution in [0.2, 0.25) is 0 Å². The fraction of sp³-hybridized carbons (Fsp3) is 0.400. The molecular formula is C15H18N6. The van der Waals surface area contributed by atoms with E-state index in [0.29, 0.717) is 6.04 Å². The van der Waals surface area contributed by atoms with Crippen molar-refractivity contribution in [2.75, 3.05) is 5.32 Å². The van der Waals surface area contributed by atoms with Crippen LogP contribution in [0.4, 0.5) is 5.82 Å². The van der Waals surface area contributed by atoms with Gasteiger partial charge in [-0.05, 0) is 12.8 Å². The van der Waals surface area contributed by atoms with E-state index in [0.717, 1.165) is 23.0 Å². The molecule has 0 spiro atoms. The highest BCUT2D eigenvalue weighted by atomic mass is 15.2. The lowest BCUT2D eigenvalue weighted by Crippen LogP contribution is -2.23. The first kappa shape index (κ1) is 12.4. The van der Waals surface area contributed by atoms with Gasteiger partial charge >= 0.3 is 0 Å². The van der Waals surface area contributed by atoms with Crippen LogP contribution in [0, 0.1) is 0 Å². The molecule has 6 nitrogen and oxygen atoms in total. The number of rotatable bonds is 3. The van der Waals surface area contributed by atoms with Crippen molar-refractivity contribution in [3.63, 3.8) is 0 Å². The zero-order valence-electron chi connectivity index (χ0n) is 11.8. The summed E-state index contributed by atoms with van der Waals surface area (Å²) in [5, 5.41) is 3.67. The molecule has 1 aliphatic rings. The van der Waals surface area contributed by atoms with Crippen molar-refractivity contribution in [3.8, 4) is 11.5 Å². The minimum Gasteiger partial charge on any atom is -0.367 e. The van der Waals surface area contributed by atoms with Crippen LogP contribution in [0.3, 0.4) is 0 Å². The molecule has 2 N–H and O–H groups in total. The molecule has 3 heterocycles. The van der Waals surface area contributed by atoms with Crippen molar-refractivity contribution in [2.24, 2.45) is 0 Å². The second-order valence-corrected chi connectivity index (χ2v) is 5.53. The molecule has 0 unspecified atom stereocenters. The van der Waals surface area contributed by atoms with Crippen LogP contribution < -0.4 is 5.32 Å². The van der Waals surface area contributed by atoms with Gasteiger partial charge in [-0.15, -0.1) is 0 Å². The summed E-state index contributed by atoms with van der Waals surface area (Å²) in [7, 11) is 0. The average molecular weight is 282 g/mol. The van der Waals surface area contributed by atoms with Gasteiger partial charge in [-0.2, -0.15) is 0 Å². The third kappa shape index (κ3) is 2.26. The van der Waals surface area contributed by atoms with Crippen LogP contribution in [0.5, 0.6) is 0 Å². The molecule has 0 aliphatic heterocycles. The molecule has 1 saturated carbocycles. The normalized spacial score (nSPS) is 16.4. The summed E-state index contributed by atoms with van der Waals surface area (Å²) >= 11 is 0. The van der Waals surface area contributed by atoms with Gasteiger partial charge in [-0.25, -0.2) is 9.97 Å².